The van der Waals surface area contributed by atoms with Crippen LogP contribution in [0.1, 0.15) is 39.2 Å². The number of rotatable bonds is 5. The van der Waals surface area contributed by atoms with Gasteiger partial charge in [0.2, 0.25) is 5.82 Å². The molecule has 2 fully saturated rings. The molecule has 44 heavy (non-hydrogen) atoms. The lowest BCUT2D eigenvalue weighted by molar-refractivity contribution is -0.120. The zero-order valence-electron chi connectivity index (χ0n) is 24.2. The Labute approximate surface area is 258 Å². The Balaban J connectivity index is 1.41. The van der Waals surface area contributed by atoms with Gasteiger partial charge in [-0.15, -0.1) is 0 Å². The van der Waals surface area contributed by atoms with Crippen molar-refractivity contribution >= 4 is 45.1 Å². The molecule has 2 saturated heterocycles. The molecule has 2 bridgehead atoms. The average molecular weight is 648 g/mol. The number of benzene rings is 2. The molecule has 15 heteroatoms. The number of carbonyl (C=O) groups is 2. The Bertz CT molecular complexity index is 1690. The number of nitrogens with one attached hydrogen (secondary N) is 1. The number of nitrogens with zero attached hydrogens (tertiary/aromatic N) is 4. The van der Waals surface area contributed by atoms with Gasteiger partial charge >= 0.3 is 12.1 Å². The van der Waals surface area contributed by atoms with E-state index >= 15 is 4.39 Å². The van der Waals surface area contributed by atoms with Crippen LogP contribution in [0.4, 0.5) is 20.9 Å². The van der Waals surface area contributed by atoms with E-state index in [1.807, 2.05) is 4.90 Å². The Hall–Kier alpha value is -3.75. The van der Waals surface area contributed by atoms with Crippen LogP contribution in [0.2, 0.25) is 5.02 Å². The van der Waals surface area contributed by atoms with Crippen LogP contribution in [0.5, 0.6) is 0 Å². The molecule has 3 aliphatic heterocycles. The molecule has 0 radical (unpaired) electrons. The molecule has 1 N–H and O–H groups in total. The summed E-state index contributed by atoms with van der Waals surface area (Å²) in [7, 11) is -4.30. The summed E-state index contributed by atoms with van der Waals surface area (Å²) in [4.78, 5) is 33.8. The summed E-state index contributed by atoms with van der Waals surface area (Å²) in [5.74, 6) is -2.55. The maximum atomic E-state index is 15.7. The second-order valence-electron chi connectivity index (χ2n) is 12.1. The van der Waals surface area contributed by atoms with Gasteiger partial charge in [0.25, 0.3) is 5.91 Å². The third kappa shape index (κ3) is 5.97. The van der Waals surface area contributed by atoms with E-state index in [0.717, 1.165) is 18.9 Å². The molecule has 2 aromatic carbocycles. The van der Waals surface area contributed by atoms with Gasteiger partial charge in [-0.05, 0) is 63.4 Å². The number of alkyl carbamates (subject to hydrolysis) is 1. The summed E-state index contributed by atoms with van der Waals surface area (Å²) < 4.78 is 59.4. The van der Waals surface area contributed by atoms with Crippen molar-refractivity contribution < 1.29 is 36.4 Å². The fraction of sp³-hybridized carbons (Fsp3) is 0.448. The van der Waals surface area contributed by atoms with Crippen molar-refractivity contribution in [1.82, 2.24) is 15.5 Å². The molecular formula is C29H31ClFN5O7S. The standard InChI is InChI=1S/C29H31ClFN5O7S/c1-29(2,3)42-28(38)32-22-15-44(39,40)24-11-21(31)20(10-23(24)35(26(22)37)12-16-4-6-17(30)7-5-16)25-33-27(43-34-25)36-18-8-9-19(36)14-41-13-18/h4-7,10-11,18-19,22H,8-9,12-15H2,1-3H3,(H,32,38)/t18?,19?,22-/m0/s1. The van der Waals surface area contributed by atoms with E-state index in [1.54, 1.807) is 45.0 Å². The lowest BCUT2D eigenvalue weighted by Gasteiger charge is -2.32. The Morgan fingerprint density at radius 3 is 2.50 bits per heavy atom. The first-order valence-electron chi connectivity index (χ1n) is 14.1. The molecular weight excluding hydrogens is 617 g/mol. The molecule has 2 amide bonds. The third-order valence-corrected chi connectivity index (χ3v) is 9.71. The third-order valence-electron chi connectivity index (χ3n) is 7.69. The minimum Gasteiger partial charge on any atom is -0.444 e. The van der Waals surface area contributed by atoms with Crippen molar-refractivity contribution in [3.8, 4) is 11.4 Å². The molecule has 6 rings (SSSR count). The number of carbonyl (C=O) groups excluding carboxylic acids is 2. The fourth-order valence-corrected chi connectivity index (χ4v) is 7.46. The number of fused-ring (bicyclic) bond motifs is 3. The minimum atomic E-state index is -4.30. The van der Waals surface area contributed by atoms with E-state index in [2.05, 4.69) is 15.5 Å². The molecule has 0 aliphatic carbocycles. The molecule has 12 nitrogen and oxygen atoms in total. The van der Waals surface area contributed by atoms with Gasteiger partial charge in [-0.3, -0.25) is 4.79 Å². The van der Waals surface area contributed by atoms with E-state index in [-0.39, 0.29) is 41.7 Å². The van der Waals surface area contributed by atoms with E-state index in [4.69, 9.17) is 25.6 Å². The van der Waals surface area contributed by atoms with Crippen LogP contribution in [0.3, 0.4) is 0 Å². The lowest BCUT2D eigenvalue weighted by atomic mass is 10.1. The minimum absolute atomic E-state index is 0.0611. The summed E-state index contributed by atoms with van der Waals surface area (Å²) in [5, 5.41) is 6.86. The summed E-state index contributed by atoms with van der Waals surface area (Å²) in [6.07, 6.45) is 0.827. The van der Waals surface area contributed by atoms with Gasteiger partial charge in [-0.1, -0.05) is 28.9 Å². The Kier molecular flexibility index (Phi) is 7.79. The van der Waals surface area contributed by atoms with Crippen LogP contribution < -0.4 is 15.1 Å². The highest BCUT2D eigenvalue weighted by molar-refractivity contribution is 7.91. The summed E-state index contributed by atoms with van der Waals surface area (Å²) in [6, 6.07) is 7.52. The van der Waals surface area contributed by atoms with Gasteiger partial charge in [0, 0.05) is 5.02 Å². The maximum Gasteiger partial charge on any atom is 0.408 e. The molecule has 1 aromatic heterocycles. The molecule has 0 spiro atoms. The van der Waals surface area contributed by atoms with Crippen LogP contribution in [0.15, 0.2) is 45.8 Å². The molecule has 4 heterocycles. The van der Waals surface area contributed by atoms with Crippen LogP contribution >= 0.6 is 11.6 Å². The number of hydrogen-bond acceptors (Lipinski definition) is 10. The van der Waals surface area contributed by atoms with E-state index in [1.165, 1.54) is 11.0 Å². The lowest BCUT2D eigenvalue weighted by Crippen LogP contribution is -2.51. The first-order chi connectivity index (χ1) is 20.8. The number of anilines is 2. The normalized spacial score (nSPS) is 22.8. The predicted molar refractivity (Wildman–Crippen MR) is 158 cm³/mol. The van der Waals surface area contributed by atoms with Gasteiger partial charge in [-0.2, -0.15) is 4.98 Å². The summed E-state index contributed by atoms with van der Waals surface area (Å²) in [5.41, 5.74) is -0.528. The van der Waals surface area contributed by atoms with Crippen molar-refractivity contribution in [3.05, 3.63) is 52.8 Å². The van der Waals surface area contributed by atoms with Gasteiger partial charge in [0.05, 0.1) is 53.7 Å². The monoisotopic (exact) mass is 647 g/mol. The van der Waals surface area contributed by atoms with E-state index in [9.17, 15) is 18.0 Å². The number of hydrogen-bond donors (Lipinski definition) is 1. The van der Waals surface area contributed by atoms with E-state index in [0.29, 0.717) is 23.8 Å². The zero-order valence-corrected chi connectivity index (χ0v) is 25.8. The van der Waals surface area contributed by atoms with Gasteiger partial charge < -0.3 is 29.1 Å². The van der Waals surface area contributed by atoms with Crippen molar-refractivity contribution in [1.29, 1.82) is 0 Å². The number of aromatic nitrogens is 2. The second kappa shape index (κ2) is 11.3. The summed E-state index contributed by atoms with van der Waals surface area (Å²) >= 11 is 6.05. The number of amides is 2. The van der Waals surface area contributed by atoms with Crippen molar-refractivity contribution in [2.75, 3.05) is 28.8 Å². The van der Waals surface area contributed by atoms with Crippen LogP contribution in [0, 0.1) is 5.82 Å². The number of sulfone groups is 1. The summed E-state index contributed by atoms with van der Waals surface area (Å²) in [6.45, 7) is 5.83. The maximum absolute atomic E-state index is 15.7. The number of ether oxygens (including phenoxy) is 2. The molecule has 234 valence electrons. The predicted octanol–water partition coefficient (Wildman–Crippen LogP) is 4.11. The smallest absolute Gasteiger partial charge is 0.408 e. The van der Waals surface area contributed by atoms with Crippen molar-refractivity contribution in [3.63, 3.8) is 0 Å². The first kappa shape index (κ1) is 30.3. The highest BCUT2D eigenvalue weighted by Gasteiger charge is 2.42. The van der Waals surface area contributed by atoms with Gasteiger partial charge in [0.1, 0.15) is 17.5 Å². The molecule has 2 unspecified atom stereocenters. The topological polar surface area (TPSA) is 144 Å². The largest absolute Gasteiger partial charge is 0.444 e. The average Bonchev–Trinajstić information content (AvgIpc) is 3.50. The molecule has 3 atom stereocenters. The zero-order chi connectivity index (χ0) is 31.4. The second-order valence-corrected chi connectivity index (χ2v) is 14.5. The van der Waals surface area contributed by atoms with Crippen molar-refractivity contribution in [2.24, 2.45) is 0 Å². The van der Waals surface area contributed by atoms with Crippen LogP contribution in [0.25, 0.3) is 11.4 Å². The molecule has 3 aliphatic rings. The first-order valence-corrected chi connectivity index (χ1v) is 16.1. The van der Waals surface area contributed by atoms with Crippen LogP contribution in [-0.4, -0.2) is 73.3 Å². The van der Waals surface area contributed by atoms with Gasteiger partial charge in [0.15, 0.2) is 9.84 Å². The molecule has 0 saturated carbocycles. The number of halogens is 2. The Morgan fingerprint density at radius 1 is 1.16 bits per heavy atom. The van der Waals surface area contributed by atoms with Crippen molar-refractivity contribution in [2.45, 2.75) is 68.8 Å². The quantitative estimate of drug-likeness (QED) is 0.430. The Morgan fingerprint density at radius 2 is 1.84 bits per heavy atom. The molecule has 3 aromatic rings. The van der Waals surface area contributed by atoms with Crippen LogP contribution in [-0.2, 0) is 30.7 Å². The fourth-order valence-electron chi connectivity index (χ4n) is 5.72. The highest BCUT2D eigenvalue weighted by atomic mass is 35.5. The van der Waals surface area contributed by atoms with Gasteiger partial charge in [-0.25, -0.2) is 17.6 Å². The SMILES string of the molecule is CC(C)(C)OC(=O)N[C@H]1CS(=O)(=O)c2cc(F)c(-c3noc(N4C5CCC4COC5)n3)cc2N(Cc2ccc(Cl)cc2)C1=O. The highest BCUT2D eigenvalue weighted by Crippen LogP contribution is 2.39. The number of morpholine rings is 1. The van der Waals surface area contributed by atoms with E-state index < -0.39 is 49.9 Å².